The van der Waals surface area contributed by atoms with Gasteiger partial charge in [-0.15, -0.1) is 6.42 Å². The third-order valence-electron chi connectivity index (χ3n) is 2.30. The molecule has 0 amide bonds. The van der Waals surface area contributed by atoms with E-state index in [1.165, 1.54) is 0 Å². The number of ether oxygens (including phenoxy) is 1. The van der Waals surface area contributed by atoms with E-state index >= 15 is 0 Å². The van der Waals surface area contributed by atoms with Crippen molar-refractivity contribution in [3.05, 3.63) is 28.2 Å². The lowest BCUT2D eigenvalue weighted by atomic mass is 9.97. The molecule has 0 aliphatic heterocycles. The van der Waals surface area contributed by atoms with Gasteiger partial charge in [0, 0.05) is 23.1 Å². The molecule has 0 aromatic heterocycles. The van der Waals surface area contributed by atoms with Crippen LogP contribution < -0.4 is 10.1 Å². The highest BCUT2D eigenvalue weighted by molar-refractivity contribution is 9.10. The molecule has 0 fully saturated rings. The van der Waals surface area contributed by atoms with Gasteiger partial charge >= 0.3 is 0 Å². The van der Waals surface area contributed by atoms with Crippen molar-refractivity contribution in [2.75, 3.05) is 13.2 Å². The first-order valence-electron chi connectivity index (χ1n) is 5.98. The topological polar surface area (TPSA) is 21.3 Å². The lowest BCUT2D eigenvalue weighted by Crippen LogP contribution is -2.26. The minimum atomic E-state index is 0.270. The Morgan fingerprint density at radius 2 is 2.11 bits per heavy atom. The van der Waals surface area contributed by atoms with Gasteiger partial charge in [-0.05, 0) is 23.6 Å². The average Bonchev–Trinajstić information content (AvgIpc) is 2.26. The SMILES string of the molecule is C#CCOc1ccc(Br)cc1CNCC(C)(C)C. The van der Waals surface area contributed by atoms with Crippen molar-refractivity contribution in [1.82, 2.24) is 5.32 Å². The first-order valence-corrected chi connectivity index (χ1v) is 6.77. The Hall–Kier alpha value is -0.980. The lowest BCUT2D eigenvalue weighted by molar-refractivity contribution is 0.356. The monoisotopic (exact) mass is 309 g/mol. The van der Waals surface area contributed by atoms with Crippen LogP contribution in [0, 0.1) is 17.8 Å². The molecule has 1 N–H and O–H groups in total. The molecule has 0 radical (unpaired) electrons. The van der Waals surface area contributed by atoms with Gasteiger partial charge < -0.3 is 10.1 Å². The highest BCUT2D eigenvalue weighted by atomic mass is 79.9. The van der Waals surface area contributed by atoms with E-state index in [0.29, 0.717) is 6.61 Å². The normalized spacial score (nSPS) is 11.1. The molecule has 0 bridgehead atoms. The summed E-state index contributed by atoms with van der Waals surface area (Å²) in [5.41, 5.74) is 1.38. The summed E-state index contributed by atoms with van der Waals surface area (Å²) in [6, 6.07) is 5.95. The van der Waals surface area contributed by atoms with Crippen molar-refractivity contribution >= 4 is 15.9 Å². The fourth-order valence-corrected chi connectivity index (χ4v) is 1.93. The zero-order valence-corrected chi connectivity index (χ0v) is 12.8. The molecule has 0 aliphatic carbocycles. The summed E-state index contributed by atoms with van der Waals surface area (Å²) in [4.78, 5) is 0. The maximum absolute atomic E-state index is 5.53. The summed E-state index contributed by atoms with van der Waals surface area (Å²) in [6.45, 7) is 8.64. The highest BCUT2D eigenvalue weighted by Crippen LogP contribution is 2.23. The minimum Gasteiger partial charge on any atom is -0.481 e. The van der Waals surface area contributed by atoms with Crippen molar-refractivity contribution in [2.45, 2.75) is 27.3 Å². The molecular formula is C15H20BrNO. The highest BCUT2D eigenvalue weighted by Gasteiger charge is 2.10. The van der Waals surface area contributed by atoms with E-state index in [9.17, 15) is 0 Å². The molecule has 1 aromatic carbocycles. The van der Waals surface area contributed by atoms with Crippen LogP contribution >= 0.6 is 15.9 Å². The average molecular weight is 310 g/mol. The quantitative estimate of drug-likeness (QED) is 0.839. The van der Waals surface area contributed by atoms with Crippen molar-refractivity contribution < 1.29 is 4.74 Å². The van der Waals surface area contributed by atoms with Crippen LogP contribution in [0.1, 0.15) is 26.3 Å². The Bertz CT molecular complexity index is 429. The van der Waals surface area contributed by atoms with Crippen LogP contribution in [0.3, 0.4) is 0 Å². The summed E-state index contributed by atoms with van der Waals surface area (Å²) < 4.78 is 6.57. The molecule has 0 saturated carbocycles. The molecule has 0 atom stereocenters. The first kappa shape index (κ1) is 15.1. The Kier molecular flexibility index (Phi) is 5.71. The number of benzene rings is 1. The van der Waals surface area contributed by atoms with Crippen LogP contribution in [0.2, 0.25) is 0 Å². The number of hydrogen-bond donors (Lipinski definition) is 1. The Balaban J connectivity index is 2.67. The molecule has 0 aliphatic rings. The zero-order chi connectivity index (χ0) is 13.6. The van der Waals surface area contributed by atoms with Crippen molar-refractivity contribution in [2.24, 2.45) is 5.41 Å². The van der Waals surface area contributed by atoms with Crippen LogP contribution in [0.5, 0.6) is 5.75 Å². The maximum atomic E-state index is 5.53. The van der Waals surface area contributed by atoms with Crippen LogP contribution in [0.25, 0.3) is 0 Å². The van der Waals surface area contributed by atoms with E-state index in [2.05, 4.69) is 54.0 Å². The molecular weight excluding hydrogens is 290 g/mol. The van der Waals surface area contributed by atoms with Gasteiger partial charge in [0.1, 0.15) is 12.4 Å². The lowest BCUT2D eigenvalue weighted by Gasteiger charge is -2.19. The van der Waals surface area contributed by atoms with E-state index in [-0.39, 0.29) is 5.41 Å². The van der Waals surface area contributed by atoms with Crippen LogP contribution in [0.4, 0.5) is 0 Å². The molecule has 0 spiro atoms. The van der Waals surface area contributed by atoms with Crippen LogP contribution in [-0.4, -0.2) is 13.2 Å². The number of terminal acetylenes is 1. The Labute approximate surface area is 118 Å². The van der Waals surface area contributed by atoms with Gasteiger partial charge in [-0.1, -0.05) is 42.6 Å². The third kappa shape index (κ3) is 5.57. The largest absolute Gasteiger partial charge is 0.481 e. The predicted octanol–water partition coefficient (Wildman–Crippen LogP) is 3.60. The van der Waals surface area contributed by atoms with E-state index in [4.69, 9.17) is 11.2 Å². The zero-order valence-electron chi connectivity index (χ0n) is 11.2. The fraction of sp³-hybridized carbons (Fsp3) is 0.467. The Morgan fingerprint density at radius 3 is 2.72 bits per heavy atom. The van der Waals surface area contributed by atoms with E-state index in [1.54, 1.807) is 0 Å². The molecule has 0 saturated heterocycles. The van der Waals surface area contributed by atoms with Crippen LogP contribution in [-0.2, 0) is 6.54 Å². The fourth-order valence-electron chi connectivity index (χ4n) is 1.52. The van der Waals surface area contributed by atoms with Gasteiger partial charge in [0.05, 0.1) is 0 Å². The number of rotatable bonds is 5. The Morgan fingerprint density at radius 1 is 1.39 bits per heavy atom. The number of nitrogens with one attached hydrogen (secondary N) is 1. The summed E-state index contributed by atoms with van der Waals surface area (Å²) in [6.07, 6.45) is 5.21. The van der Waals surface area contributed by atoms with Crippen molar-refractivity contribution in [1.29, 1.82) is 0 Å². The van der Waals surface area contributed by atoms with Gasteiger partial charge in [-0.25, -0.2) is 0 Å². The van der Waals surface area contributed by atoms with Gasteiger partial charge in [0.2, 0.25) is 0 Å². The van der Waals surface area contributed by atoms with Gasteiger partial charge in [0.15, 0.2) is 0 Å². The van der Waals surface area contributed by atoms with E-state index < -0.39 is 0 Å². The standard InChI is InChI=1S/C15H20BrNO/c1-5-8-18-14-7-6-13(16)9-12(14)10-17-11-15(2,3)4/h1,6-7,9,17H,8,10-11H2,2-4H3. The maximum Gasteiger partial charge on any atom is 0.148 e. The molecule has 1 aromatic rings. The molecule has 2 nitrogen and oxygen atoms in total. The summed E-state index contributed by atoms with van der Waals surface area (Å²) in [5, 5.41) is 3.43. The molecule has 0 heterocycles. The molecule has 1 rings (SSSR count). The molecule has 0 unspecified atom stereocenters. The second-order valence-corrected chi connectivity index (χ2v) is 6.32. The van der Waals surface area contributed by atoms with E-state index in [0.717, 1.165) is 28.9 Å². The van der Waals surface area contributed by atoms with Crippen LogP contribution in [0.15, 0.2) is 22.7 Å². The molecule has 3 heteroatoms. The third-order valence-corrected chi connectivity index (χ3v) is 2.80. The van der Waals surface area contributed by atoms with Crippen molar-refractivity contribution in [3.8, 4) is 18.1 Å². The summed E-state index contributed by atoms with van der Waals surface area (Å²) >= 11 is 3.47. The van der Waals surface area contributed by atoms with Gasteiger partial charge in [0.25, 0.3) is 0 Å². The van der Waals surface area contributed by atoms with Gasteiger partial charge in [-0.3, -0.25) is 0 Å². The first-order chi connectivity index (χ1) is 8.42. The smallest absolute Gasteiger partial charge is 0.148 e. The van der Waals surface area contributed by atoms with Gasteiger partial charge in [-0.2, -0.15) is 0 Å². The second kappa shape index (κ2) is 6.82. The molecule has 18 heavy (non-hydrogen) atoms. The predicted molar refractivity (Wildman–Crippen MR) is 79.6 cm³/mol. The summed E-state index contributed by atoms with van der Waals surface area (Å²) in [5.74, 6) is 3.33. The van der Waals surface area contributed by atoms with Crippen molar-refractivity contribution in [3.63, 3.8) is 0 Å². The minimum absolute atomic E-state index is 0.270. The summed E-state index contributed by atoms with van der Waals surface area (Å²) in [7, 11) is 0. The van der Waals surface area contributed by atoms with E-state index in [1.807, 2.05) is 12.1 Å². The second-order valence-electron chi connectivity index (χ2n) is 5.41. The number of hydrogen-bond acceptors (Lipinski definition) is 2. The number of halogens is 1. The molecule has 98 valence electrons.